The van der Waals surface area contributed by atoms with E-state index in [1.165, 1.54) is 37.7 Å². The third-order valence-corrected chi connectivity index (χ3v) is 4.67. The van der Waals surface area contributed by atoms with Crippen LogP contribution in [-0.2, 0) is 6.42 Å². The maximum absolute atomic E-state index is 4.88. The minimum atomic E-state index is 1.01. The van der Waals surface area contributed by atoms with Crippen molar-refractivity contribution in [2.45, 2.75) is 45.4 Å². The van der Waals surface area contributed by atoms with Crippen LogP contribution in [0.1, 0.15) is 44.7 Å². The first kappa shape index (κ1) is 15.2. The van der Waals surface area contributed by atoms with Crippen LogP contribution in [0.15, 0.2) is 41.1 Å². The van der Waals surface area contributed by atoms with E-state index < -0.39 is 0 Å². The summed E-state index contributed by atoms with van der Waals surface area (Å²) in [6.07, 6.45) is 7.45. The fourth-order valence-electron chi connectivity index (χ4n) is 2.73. The zero-order valence-corrected chi connectivity index (χ0v) is 13.9. The van der Waals surface area contributed by atoms with E-state index in [9.17, 15) is 0 Å². The highest BCUT2D eigenvalue weighted by Crippen LogP contribution is 2.26. The lowest BCUT2D eigenvalue weighted by Gasteiger charge is -2.09. The Morgan fingerprint density at radius 2 is 1.59 bits per heavy atom. The molecule has 114 valence electrons. The Hall–Kier alpha value is -1.74. The van der Waals surface area contributed by atoms with Crippen molar-refractivity contribution in [3.8, 4) is 11.3 Å². The number of hydrogen-bond donors (Lipinski definition) is 0. The summed E-state index contributed by atoms with van der Waals surface area (Å²) in [5.41, 5.74) is 5.43. The standard InChI is InChI=1S/C19H22N2S/c1-2-3-4-5-9-12-16-19(15-10-7-6-8-11-15)21-18-14-22-13-17(18)20-16/h6-8,10-11,13-14H,2-5,9,12H2,1H3. The molecule has 0 fully saturated rings. The number of nitrogens with zero attached hydrogens (tertiary/aromatic N) is 2. The highest BCUT2D eigenvalue weighted by molar-refractivity contribution is 7.09. The van der Waals surface area contributed by atoms with Crippen LogP contribution in [0.3, 0.4) is 0 Å². The van der Waals surface area contributed by atoms with E-state index in [0.717, 1.165) is 28.8 Å². The molecule has 22 heavy (non-hydrogen) atoms. The van der Waals surface area contributed by atoms with Gasteiger partial charge in [-0.05, 0) is 12.8 Å². The molecule has 0 bridgehead atoms. The van der Waals surface area contributed by atoms with Gasteiger partial charge in [0.25, 0.3) is 0 Å². The second kappa shape index (κ2) is 7.50. The van der Waals surface area contributed by atoms with Gasteiger partial charge in [0, 0.05) is 16.3 Å². The maximum atomic E-state index is 4.88. The lowest BCUT2D eigenvalue weighted by atomic mass is 10.0. The molecule has 0 saturated carbocycles. The molecular weight excluding hydrogens is 288 g/mol. The van der Waals surface area contributed by atoms with Crippen molar-refractivity contribution >= 4 is 22.4 Å². The summed E-state index contributed by atoms with van der Waals surface area (Å²) in [4.78, 5) is 9.75. The molecule has 0 aliphatic rings. The van der Waals surface area contributed by atoms with E-state index >= 15 is 0 Å². The molecule has 0 spiro atoms. The number of unbranched alkanes of at least 4 members (excludes halogenated alkanes) is 4. The van der Waals surface area contributed by atoms with Crippen molar-refractivity contribution in [2.75, 3.05) is 0 Å². The molecule has 0 atom stereocenters. The lowest BCUT2D eigenvalue weighted by Crippen LogP contribution is -1.98. The van der Waals surface area contributed by atoms with Crippen molar-refractivity contribution in [3.05, 3.63) is 46.8 Å². The Labute approximate surface area is 136 Å². The number of hydrogen-bond acceptors (Lipinski definition) is 3. The third kappa shape index (κ3) is 3.53. The number of fused-ring (bicyclic) bond motifs is 1. The molecule has 0 aliphatic carbocycles. The molecule has 3 heteroatoms. The predicted octanol–water partition coefficient (Wildman–Crippen LogP) is 5.87. The van der Waals surface area contributed by atoms with Gasteiger partial charge in [0.15, 0.2) is 0 Å². The largest absolute Gasteiger partial charge is 0.248 e. The van der Waals surface area contributed by atoms with Gasteiger partial charge in [-0.2, -0.15) is 0 Å². The van der Waals surface area contributed by atoms with E-state index in [4.69, 9.17) is 9.97 Å². The number of rotatable bonds is 7. The molecule has 2 aromatic heterocycles. The minimum absolute atomic E-state index is 1.01. The maximum Gasteiger partial charge on any atom is 0.100 e. The van der Waals surface area contributed by atoms with Gasteiger partial charge in [0.1, 0.15) is 5.52 Å². The first-order chi connectivity index (χ1) is 10.9. The molecular formula is C19H22N2S. The number of thiophene rings is 1. The van der Waals surface area contributed by atoms with Crippen LogP contribution in [-0.4, -0.2) is 9.97 Å². The zero-order valence-electron chi connectivity index (χ0n) is 13.1. The Morgan fingerprint density at radius 3 is 2.36 bits per heavy atom. The SMILES string of the molecule is CCCCCCCc1nc2cscc2nc1-c1ccccc1. The number of benzene rings is 1. The first-order valence-corrected chi connectivity index (χ1v) is 9.11. The summed E-state index contributed by atoms with van der Waals surface area (Å²) in [6.45, 7) is 2.25. The van der Waals surface area contributed by atoms with Crippen LogP contribution < -0.4 is 0 Å². The van der Waals surface area contributed by atoms with E-state index in [2.05, 4.69) is 41.9 Å². The van der Waals surface area contributed by atoms with Crippen molar-refractivity contribution in [1.29, 1.82) is 0 Å². The summed E-state index contributed by atoms with van der Waals surface area (Å²) >= 11 is 1.68. The second-order valence-electron chi connectivity index (χ2n) is 5.69. The molecule has 0 amide bonds. The average Bonchev–Trinajstić information content (AvgIpc) is 3.02. The molecule has 0 aliphatic heterocycles. The summed E-state index contributed by atoms with van der Waals surface area (Å²) in [5.74, 6) is 0. The minimum Gasteiger partial charge on any atom is -0.248 e. The summed E-state index contributed by atoms with van der Waals surface area (Å²) < 4.78 is 0. The van der Waals surface area contributed by atoms with E-state index in [1.54, 1.807) is 11.3 Å². The molecule has 3 rings (SSSR count). The van der Waals surface area contributed by atoms with Crippen molar-refractivity contribution in [1.82, 2.24) is 9.97 Å². The third-order valence-electron chi connectivity index (χ3n) is 3.95. The Kier molecular flexibility index (Phi) is 5.17. The van der Waals surface area contributed by atoms with Crippen LogP contribution >= 0.6 is 11.3 Å². The molecule has 0 N–H and O–H groups in total. The smallest absolute Gasteiger partial charge is 0.100 e. The predicted molar refractivity (Wildman–Crippen MR) is 95.3 cm³/mol. The van der Waals surface area contributed by atoms with Gasteiger partial charge in [-0.1, -0.05) is 62.9 Å². The highest BCUT2D eigenvalue weighted by Gasteiger charge is 2.11. The monoisotopic (exact) mass is 310 g/mol. The van der Waals surface area contributed by atoms with Crippen molar-refractivity contribution in [3.63, 3.8) is 0 Å². The lowest BCUT2D eigenvalue weighted by molar-refractivity contribution is 0.628. The van der Waals surface area contributed by atoms with Crippen molar-refractivity contribution < 1.29 is 0 Å². The quantitative estimate of drug-likeness (QED) is 0.510. The highest BCUT2D eigenvalue weighted by atomic mass is 32.1. The topological polar surface area (TPSA) is 25.8 Å². The van der Waals surface area contributed by atoms with Gasteiger partial charge < -0.3 is 0 Å². The van der Waals surface area contributed by atoms with Crippen molar-refractivity contribution in [2.24, 2.45) is 0 Å². The first-order valence-electron chi connectivity index (χ1n) is 8.16. The Morgan fingerprint density at radius 1 is 0.864 bits per heavy atom. The van der Waals surface area contributed by atoms with Gasteiger partial charge in [0.05, 0.1) is 16.9 Å². The molecule has 0 unspecified atom stereocenters. The van der Waals surface area contributed by atoms with E-state index in [1.807, 2.05) is 6.07 Å². The zero-order chi connectivity index (χ0) is 15.2. The van der Waals surface area contributed by atoms with Gasteiger partial charge in [-0.15, -0.1) is 11.3 Å². The number of aromatic nitrogens is 2. The van der Waals surface area contributed by atoms with Crippen LogP contribution in [0, 0.1) is 0 Å². The fraction of sp³-hybridized carbons (Fsp3) is 0.368. The van der Waals surface area contributed by atoms with Gasteiger partial charge in [0.2, 0.25) is 0 Å². The summed E-state index contributed by atoms with van der Waals surface area (Å²) in [6, 6.07) is 10.4. The molecule has 0 saturated heterocycles. The Balaban J connectivity index is 1.86. The molecule has 2 heterocycles. The second-order valence-corrected chi connectivity index (χ2v) is 6.43. The average molecular weight is 310 g/mol. The molecule has 0 radical (unpaired) electrons. The van der Waals surface area contributed by atoms with Crippen LogP contribution in [0.25, 0.3) is 22.3 Å². The summed E-state index contributed by atoms with van der Waals surface area (Å²) in [7, 11) is 0. The van der Waals surface area contributed by atoms with Gasteiger partial charge in [-0.3, -0.25) is 0 Å². The van der Waals surface area contributed by atoms with Crippen LogP contribution in [0.2, 0.25) is 0 Å². The summed E-state index contributed by atoms with van der Waals surface area (Å²) in [5, 5.41) is 4.18. The van der Waals surface area contributed by atoms with Crippen LogP contribution in [0.5, 0.6) is 0 Å². The van der Waals surface area contributed by atoms with Gasteiger partial charge in [-0.25, -0.2) is 9.97 Å². The number of aryl methyl sites for hydroxylation is 1. The van der Waals surface area contributed by atoms with Crippen LogP contribution in [0.4, 0.5) is 0 Å². The van der Waals surface area contributed by atoms with Gasteiger partial charge >= 0.3 is 0 Å². The normalized spacial score (nSPS) is 11.1. The molecule has 3 aromatic rings. The molecule has 2 nitrogen and oxygen atoms in total. The van der Waals surface area contributed by atoms with E-state index in [-0.39, 0.29) is 0 Å². The Bertz CT molecular complexity index is 719. The fourth-order valence-corrected chi connectivity index (χ4v) is 3.40. The molecule has 1 aromatic carbocycles. The van der Waals surface area contributed by atoms with E-state index in [0.29, 0.717) is 0 Å².